The zero-order chi connectivity index (χ0) is 14.8. The largest absolute Gasteiger partial charge is 0.464 e. The van der Waals surface area contributed by atoms with Crippen LogP contribution in [0.25, 0.3) is 0 Å². The molecule has 4 heteroatoms. The highest BCUT2D eigenvalue weighted by atomic mass is 19.1. The number of furan rings is 1. The Kier molecular flexibility index (Phi) is 3.97. The monoisotopic (exact) mass is 288 g/mol. The van der Waals surface area contributed by atoms with Crippen molar-refractivity contribution in [2.45, 2.75) is 38.9 Å². The van der Waals surface area contributed by atoms with Crippen LogP contribution in [-0.2, 0) is 13.1 Å². The molecule has 112 valence electrons. The highest BCUT2D eigenvalue weighted by Crippen LogP contribution is 2.22. The van der Waals surface area contributed by atoms with Gasteiger partial charge in [0.1, 0.15) is 17.3 Å². The molecule has 1 aliphatic carbocycles. The second kappa shape index (κ2) is 5.90. The van der Waals surface area contributed by atoms with Crippen LogP contribution in [0.4, 0.5) is 10.1 Å². The predicted octanol–water partition coefficient (Wildman–Crippen LogP) is 3.62. The molecule has 1 aromatic carbocycles. The van der Waals surface area contributed by atoms with Gasteiger partial charge >= 0.3 is 0 Å². The number of halogens is 1. The average molecular weight is 288 g/mol. The number of aryl methyl sites for hydroxylation is 1. The Morgan fingerprint density at radius 2 is 2.14 bits per heavy atom. The van der Waals surface area contributed by atoms with Gasteiger partial charge in [-0.25, -0.2) is 4.39 Å². The van der Waals surface area contributed by atoms with Gasteiger partial charge in [0.15, 0.2) is 0 Å². The molecule has 0 atom stereocenters. The van der Waals surface area contributed by atoms with Crippen LogP contribution in [0.1, 0.15) is 29.9 Å². The fourth-order valence-electron chi connectivity index (χ4n) is 2.42. The molecule has 1 heterocycles. The van der Waals surface area contributed by atoms with Crippen molar-refractivity contribution in [1.82, 2.24) is 5.32 Å². The second-order valence-electron chi connectivity index (χ2n) is 5.79. The first-order chi connectivity index (χ1) is 10.1. The van der Waals surface area contributed by atoms with E-state index in [1.807, 2.05) is 24.9 Å². The minimum Gasteiger partial charge on any atom is -0.464 e. The third kappa shape index (κ3) is 3.64. The van der Waals surface area contributed by atoms with E-state index in [1.165, 1.54) is 30.5 Å². The van der Waals surface area contributed by atoms with Crippen molar-refractivity contribution in [2.24, 2.45) is 0 Å². The van der Waals surface area contributed by atoms with Gasteiger partial charge < -0.3 is 14.6 Å². The van der Waals surface area contributed by atoms with E-state index in [2.05, 4.69) is 11.4 Å². The van der Waals surface area contributed by atoms with Gasteiger partial charge in [-0.2, -0.15) is 0 Å². The summed E-state index contributed by atoms with van der Waals surface area (Å²) in [7, 11) is 1.94. The predicted molar refractivity (Wildman–Crippen MR) is 81.8 cm³/mol. The zero-order valence-electron chi connectivity index (χ0n) is 12.5. The van der Waals surface area contributed by atoms with E-state index >= 15 is 0 Å². The third-order valence-corrected chi connectivity index (χ3v) is 3.87. The minimum atomic E-state index is -0.218. The number of hydrogen-bond acceptors (Lipinski definition) is 3. The van der Waals surface area contributed by atoms with Gasteiger partial charge in [0.25, 0.3) is 0 Å². The molecule has 3 nitrogen and oxygen atoms in total. The summed E-state index contributed by atoms with van der Waals surface area (Å²) in [5, 5.41) is 3.50. The Hall–Kier alpha value is -1.81. The van der Waals surface area contributed by atoms with Crippen LogP contribution in [0, 0.1) is 12.7 Å². The number of hydrogen-bond donors (Lipinski definition) is 1. The summed E-state index contributed by atoms with van der Waals surface area (Å²) < 4.78 is 19.1. The third-order valence-electron chi connectivity index (χ3n) is 3.87. The highest BCUT2D eigenvalue weighted by molar-refractivity contribution is 5.45. The molecule has 1 N–H and O–H groups in total. The summed E-state index contributed by atoms with van der Waals surface area (Å²) in [5.74, 6) is 1.65. The quantitative estimate of drug-likeness (QED) is 0.880. The van der Waals surface area contributed by atoms with Crippen molar-refractivity contribution in [1.29, 1.82) is 0 Å². The van der Waals surface area contributed by atoms with E-state index in [-0.39, 0.29) is 5.82 Å². The van der Waals surface area contributed by atoms with E-state index in [0.717, 1.165) is 23.8 Å². The second-order valence-corrected chi connectivity index (χ2v) is 5.79. The fraction of sp³-hybridized carbons (Fsp3) is 0.412. The van der Waals surface area contributed by atoms with Crippen molar-refractivity contribution in [3.63, 3.8) is 0 Å². The van der Waals surface area contributed by atoms with Crippen LogP contribution in [0.5, 0.6) is 0 Å². The molecular formula is C17H21FN2O. The lowest BCUT2D eigenvalue weighted by atomic mass is 10.2. The average Bonchev–Trinajstić information content (AvgIpc) is 3.21. The summed E-state index contributed by atoms with van der Waals surface area (Å²) in [4.78, 5) is 1.99. The van der Waals surface area contributed by atoms with Gasteiger partial charge in [0.2, 0.25) is 0 Å². The summed E-state index contributed by atoms with van der Waals surface area (Å²) in [5.41, 5.74) is 2.06. The van der Waals surface area contributed by atoms with Gasteiger partial charge in [0.05, 0.1) is 6.54 Å². The van der Waals surface area contributed by atoms with E-state index in [9.17, 15) is 4.39 Å². The highest BCUT2D eigenvalue weighted by Gasteiger charge is 2.21. The smallest absolute Gasteiger partial charge is 0.125 e. The van der Waals surface area contributed by atoms with Crippen molar-refractivity contribution >= 4 is 5.69 Å². The molecule has 1 saturated carbocycles. The first kappa shape index (κ1) is 14.1. The minimum absolute atomic E-state index is 0.218. The maximum absolute atomic E-state index is 13.3. The van der Waals surface area contributed by atoms with E-state index in [1.54, 1.807) is 6.07 Å². The number of benzene rings is 1. The van der Waals surface area contributed by atoms with Gasteiger partial charge in [-0.1, -0.05) is 6.07 Å². The van der Waals surface area contributed by atoms with Crippen LogP contribution >= 0.6 is 0 Å². The molecule has 1 fully saturated rings. The number of nitrogens with zero attached hydrogens (tertiary/aromatic N) is 1. The molecule has 0 unspecified atom stereocenters. The fourth-order valence-corrected chi connectivity index (χ4v) is 2.42. The summed E-state index contributed by atoms with van der Waals surface area (Å²) in [6, 6.07) is 9.40. The molecule has 21 heavy (non-hydrogen) atoms. The standard InChI is InChI=1S/C17H21FN2O/c1-12-13(10-19-15-6-7-15)8-17(21-12)11-20(2)16-5-3-4-14(18)9-16/h3-5,8-9,15,19H,6-7,10-11H2,1-2H3. The Labute approximate surface area is 124 Å². The van der Waals surface area contributed by atoms with Crippen LogP contribution in [-0.4, -0.2) is 13.1 Å². The molecule has 0 spiro atoms. The van der Waals surface area contributed by atoms with E-state index in [4.69, 9.17) is 4.42 Å². The van der Waals surface area contributed by atoms with Gasteiger partial charge in [-0.05, 0) is 44.0 Å². The molecule has 0 saturated heterocycles. The molecule has 1 aromatic heterocycles. The van der Waals surface area contributed by atoms with Crippen molar-refractivity contribution in [3.8, 4) is 0 Å². The zero-order valence-corrected chi connectivity index (χ0v) is 12.5. The van der Waals surface area contributed by atoms with Crippen LogP contribution < -0.4 is 10.2 Å². The van der Waals surface area contributed by atoms with Crippen LogP contribution in [0.3, 0.4) is 0 Å². The first-order valence-corrected chi connectivity index (χ1v) is 7.40. The molecule has 2 aromatic rings. The molecule has 0 aliphatic heterocycles. The van der Waals surface area contributed by atoms with Crippen molar-refractivity contribution in [3.05, 3.63) is 53.2 Å². The van der Waals surface area contributed by atoms with Gasteiger partial charge in [-0.15, -0.1) is 0 Å². The normalized spacial score (nSPS) is 14.4. The summed E-state index contributed by atoms with van der Waals surface area (Å²) >= 11 is 0. The molecule has 3 rings (SSSR count). The lowest BCUT2D eigenvalue weighted by Crippen LogP contribution is -2.16. The molecule has 1 aliphatic rings. The summed E-state index contributed by atoms with van der Waals surface area (Å²) in [6.07, 6.45) is 2.57. The van der Waals surface area contributed by atoms with Gasteiger partial charge in [-0.3, -0.25) is 0 Å². The Morgan fingerprint density at radius 3 is 2.86 bits per heavy atom. The van der Waals surface area contributed by atoms with Crippen LogP contribution in [0.2, 0.25) is 0 Å². The number of nitrogens with one attached hydrogen (secondary N) is 1. The lowest BCUT2D eigenvalue weighted by Gasteiger charge is -2.17. The lowest BCUT2D eigenvalue weighted by molar-refractivity contribution is 0.477. The first-order valence-electron chi connectivity index (χ1n) is 7.40. The summed E-state index contributed by atoms with van der Waals surface area (Å²) in [6.45, 7) is 3.49. The Morgan fingerprint density at radius 1 is 1.33 bits per heavy atom. The van der Waals surface area contributed by atoms with Crippen molar-refractivity contribution < 1.29 is 8.81 Å². The van der Waals surface area contributed by atoms with Gasteiger partial charge in [0, 0.05) is 30.9 Å². The molecular weight excluding hydrogens is 267 g/mol. The maximum Gasteiger partial charge on any atom is 0.125 e. The van der Waals surface area contributed by atoms with Crippen LogP contribution in [0.15, 0.2) is 34.7 Å². The maximum atomic E-state index is 13.3. The molecule has 0 radical (unpaired) electrons. The Bertz CT molecular complexity index is 619. The Balaban J connectivity index is 1.65. The molecule has 0 bridgehead atoms. The number of rotatable bonds is 6. The topological polar surface area (TPSA) is 28.4 Å². The van der Waals surface area contributed by atoms with E-state index < -0.39 is 0 Å². The van der Waals surface area contributed by atoms with Crippen molar-refractivity contribution in [2.75, 3.05) is 11.9 Å². The SMILES string of the molecule is Cc1oc(CN(C)c2cccc(F)c2)cc1CNC1CC1. The van der Waals surface area contributed by atoms with E-state index in [0.29, 0.717) is 12.6 Å². The molecule has 0 amide bonds. The number of anilines is 1.